The number of hydrogen-bond acceptors (Lipinski definition) is 4. The van der Waals surface area contributed by atoms with Crippen LogP contribution in [0.4, 0.5) is 0 Å². The molecule has 2 unspecified atom stereocenters. The molecular formula is C23H31N3O5. The van der Waals surface area contributed by atoms with Gasteiger partial charge in [0.2, 0.25) is 0 Å². The lowest BCUT2D eigenvalue weighted by Gasteiger charge is -2.25. The summed E-state index contributed by atoms with van der Waals surface area (Å²) >= 11 is 0. The van der Waals surface area contributed by atoms with Crippen LogP contribution >= 0.6 is 0 Å². The number of carboxylic acid groups (broad SMARTS) is 1. The number of nitrogens with one attached hydrogen (secondary N) is 1. The number of amides is 1. The van der Waals surface area contributed by atoms with E-state index in [-0.39, 0.29) is 30.1 Å². The van der Waals surface area contributed by atoms with Gasteiger partial charge >= 0.3 is 0 Å². The highest BCUT2D eigenvalue weighted by Crippen LogP contribution is 2.45. The van der Waals surface area contributed by atoms with Crippen molar-refractivity contribution in [1.29, 1.82) is 0 Å². The normalized spacial score (nSPS) is 24.2. The second kappa shape index (κ2) is 9.96. The summed E-state index contributed by atoms with van der Waals surface area (Å²) in [7, 11) is 1.88. The fraction of sp³-hybridized carbons (Fsp3) is 0.522. The Labute approximate surface area is 181 Å². The molecule has 1 amide bonds. The van der Waals surface area contributed by atoms with Crippen molar-refractivity contribution in [3.05, 3.63) is 51.9 Å². The van der Waals surface area contributed by atoms with E-state index in [0.29, 0.717) is 17.4 Å². The standard InChI is InChI=1S/C22H29N3O3.CH2O2/c1-3-4-17-13-21(27)25(23-17)18-7-5-14(6-8-18)22(28)24(2)19-9-15-11-20(26)12-16(15)10-19;2-1-3/h5-8,13,15-16,19-20,23,26H,3-4,9-12H2,1-2H3;1H,(H,2,3)/t15-,16+,19?,20?;. The highest BCUT2D eigenvalue weighted by molar-refractivity contribution is 5.94. The molecule has 4 atom stereocenters. The summed E-state index contributed by atoms with van der Waals surface area (Å²) in [5.74, 6) is 1.12. The minimum atomic E-state index is -0.250. The Morgan fingerprint density at radius 2 is 1.77 bits per heavy atom. The Morgan fingerprint density at radius 1 is 1.19 bits per heavy atom. The van der Waals surface area contributed by atoms with Gasteiger partial charge in [-0.15, -0.1) is 0 Å². The average Bonchev–Trinajstić information content (AvgIpc) is 3.40. The monoisotopic (exact) mass is 429 g/mol. The van der Waals surface area contributed by atoms with Crippen LogP contribution in [0.5, 0.6) is 0 Å². The molecule has 8 heteroatoms. The molecule has 2 saturated carbocycles. The summed E-state index contributed by atoms with van der Waals surface area (Å²) in [6.07, 6.45) is 5.39. The van der Waals surface area contributed by atoms with Crippen molar-refractivity contribution in [2.24, 2.45) is 11.8 Å². The molecule has 0 aliphatic heterocycles. The van der Waals surface area contributed by atoms with Crippen molar-refractivity contribution >= 4 is 12.4 Å². The third kappa shape index (κ3) is 5.07. The number of hydrogen-bond donors (Lipinski definition) is 3. The molecule has 8 nitrogen and oxygen atoms in total. The molecular weight excluding hydrogens is 398 g/mol. The molecule has 1 heterocycles. The van der Waals surface area contributed by atoms with Gasteiger partial charge in [0.1, 0.15) is 0 Å². The van der Waals surface area contributed by atoms with Crippen LogP contribution in [-0.2, 0) is 11.2 Å². The third-order valence-corrected chi connectivity index (χ3v) is 6.50. The molecule has 3 N–H and O–H groups in total. The van der Waals surface area contributed by atoms with E-state index in [9.17, 15) is 14.7 Å². The van der Waals surface area contributed by atoms with Gasteiger partial charge in [0.25, 0.3) is 17.9 Å². The van der Waals surface area contributed by atoms with Crippen molar-refractivity contribution in [1.82, 2.24) is 14.7 Å². The van der Waals surface area contributed by atoms with E-state index < -0.39 is 0 Å². The SMILES string of the molecule is CCCc1cc(=O)n(-c2ccc(C(=O)N(C)C3C[C@H]4CC(O)C[C@H]4C3)cc2)[nH]1.O=CO. The molecule has 4 rings (SSSR count). The number of benzene rings is 1. The first-order valence-corrected chi connectivity index (χ1v) is 10.8. The lowest BCUT2D eigenvalue weighted by atomic mass is 10.0. The maximum absolute atomic E-state index is 12.9. The predicted octanol–water partition coefficient (Wildman–Crippen LogP) is 2.44. The van der Waals surface area contributed by atoms with Crippen LogP contribution in [-0.4, -0.2) is 56.5 Å². The van der Waals surface area contributed by atoms with Crippen LogP contribution in [0.25, 0.3) is 5.69 Å². The summed E-state index contributed by atoms with van der Waals surface area (Å²) in [5, 5.41) is 19.8. The van der Waals surface area contributed by atoms with Crippen LogP contribution in [0.15, 0.2) is 35.1 Å². The quantitative estimate of drug-likeness (QED) is 0.632. The van der Waals surface area contributed by atoms with E-state index in [1.807, 2.05) is 24.1 Å². The third-order valence-electron chi connectivity index (χ3n) is 6.50. The van der Waals surface area contributed by atoms with Crippen molar-refractivity contribution in [3.63, 3.8) is 0 Å². The van der Waals surface area contributed by atoms with Gasteiger partial charge in [0.05, 0.1) is 11.8 Å². The lowest BCUT2D eigenvalue weighted by molar-refractivity contribution is -0.122. The summed E-state index contributed by atoms with van der Waals surface area (Å²) in [6, 6.07) is 9.09. The highest BCUT2D eigenvalue weighted by Gasteiger charge is 2.43. The molecule has 31 heavy (non-hydrogen) atoms. The lowest BCUT2D eigenvalue weighted by Crippen LogP contribution is -2.36. The van der Waals surface area contributed by atoms with E-state index >= 15 is 0 Å². The molecule has 1 aromatic carbocycles. The molecule has 2 aromatic rings. The molecule has 2 fully saturated rings. The van der Waals surface area contributed by atoms with Gasteiger partial charge in [0.15, 0.2) is 0 Å². The van der Waals surface area contributed by atoms with E-state index in [1.165, 1.54) is 4.68 Å². The van der Waals surface area contributed by atoms with Gasteiger partial charge in [-0.1, -0.05) is 13.3 Å². The van der Waals surface area contributed by atoms with Crippen LogP contribution in [0.1, 0.15) is 55.1 Å². The zero-order chi connectivity index (χ0) is 22.5. The Bertz CT molecular complexity index is 935. The molecule has 0 radical (unpaired) electrons. The number of carbonyl (C=O) groups is 2. The summed E-state index contributed by atoms with van der Waals surface area (Å²) in [5.41, 5.74) is 2.20. The number of carbonyl (C=O) groups excluding carboxylic acids is 1. The molecule has 0 saturated heterocycles. The van der Waals surface area contributed by atoms with Gasteiger partial charge in [-0.2, -0.15) is 0 Å². The molecule has 2 aliphatic rings. The zero-order valence-corrected chi connectivity index (χ0v) is 18.0. The fourth-order valence-corrected chi connectivity index (χ4v) is 5.03. The molecule has 1 aromatic heterocycles. The number of nitrogens with zero attached hydrogens (tertiary/aromatic N) is 2. The predicted molar refractivity (Wildman–Crippen MR) is 116 cm³/mol. The van der Waals surface area contributed by atoms with Crippen molar-refractivity contribution in [2.75, 3.05) is 7.05 Å². The summed E-state index contributed by atoms with van der Waals surface area (Å²) < 4.78 is 1.52. The number of aromatic nitrogens is 2. The van der Waals surface area contributed by atoms with Gasteiger partial charge < -0.3 is 15.1 Å². The Kier molecular flexibility index (Phi) is 7.33. The average molecular weight is 430 g/mol. The number of aliphatic hydroxyl groups is 1. The van der Waals surface area contributed by atoms with Crippen molar-refractivity contribution in [2.45, 2.75) is 57.6 Å². The number of aliphatic hydroxyl groups excluding tert-OH is 1. The molecule has 168 valence electrons. The van der Waals surface area contributed by atoms with Crippen LogP contribution < -0.4 is 5.56 Å². The van der Waals surface area contributed by atoms with Gasteiger partial charge in [-0.25, -0.2) is 4.68 Å². The van der Waals surface area contributed by atoms with Crippen molar-refractivity contribution < 1.29 is 19.8 Å². The number of aryl methyl sites for hydroxylation is 1. The first-order valence-electron chi connectivity index (χ1n) is 10.8. The number of fused-ring (bicyclic) bond motifs is 1. The Balaban J connectivity index is 0.000000858. The van der Waals surface area contributed by atoms with Crippen molar-refractivity contribution in [3.8, 4) is 5.69 Å². The number of aromatic amines is 1. The van der Waals surface area contributed by atoms with Gasteiger partial charge in [-0.3, -0.25) is 19.5 Å². The molecule has 0 bridgehead atoms. The van der Waals surface area contributed by atoms with E-state index in [0.717, 1.165) is 49.9 Å². The minimum Gasteiger partial charge on any atom is -0.483 e. The van der Waals surface area contributed by atoms with Gasteiger partial charge in [0, 0.05) is 30.4 Å². The topological polar surface area (TPSA) is 116 Å². The summed E-state index contributed by atoms with van der Waals surface area (Å²) in [6.45, 7) is 1.83. The molecule has 2 aliphatic carbocycles. The maximum Gasteiger partial charge on any atom is 0.290 e. The zero-order valence-electron chi connectivity index (χ0n) is 18.0. The largest absolute Gasteiger partial charge is 0.483 e. The Hall–Kier alpha value is -2.87. The maximum atomic E-state index is 12.9. The smallest absolute Gasteiger partial charge is 0.290 e. The number of rotatable bonds is 5. The van der Waals surface area contributed by atoms with E-state index in [1.54, 1.807) is 18.2 Å². The minimum absolute atomic E-state index is 0.0163. The Morgan fingerprint density at radius 3 is 2.32 bits per heavy atom. The first kappa shape index (κ1) is 22.8. The van der Waals surface area contributed by atoms with E-state index in [4.69, 9.17) is 9.90 Å². The number of H-pyrrole nitrogens is 1. The van der Waals surface area contributed by atoms with Gasteiger partial charge in [-0.05, 0) is 68.2 Å². The second-order valence-corrected chi connectivity index (χ2v) is 8.54. The highest BCUT2D eigenvalue weighted by atomic mass is 16.3. The van der Waals surface area contributed by atoms with E-state index in [2.05, 4.69) is 12.0 Å². The van der Waals surface area contributed by atoms with Crippen LogP contribution in [0, 0.1) is 11.8 Å². The fourth-order valence-electron chi connectivity index (χ4n) is 5.03. The second-order valence-electron chi connectivity index (χ2n) is 8.54. The first-order chi connectivity index (χ1) is 14.9. The molecule has 0 spiro atoms. The van der Waals surface area contributed by atoms with Crippen LogP contribution in [0.2, 0.25) is 0 Å². The summed E-state index contributed by atoms with van der Waals surface area (Å²) in [4.78, 5) is 35.3. The van der Waals surface area contributed by atoms with Crippen LogP contribution in [0.3, 0.4) is 0 Å².